The Hall–Kier alpha value is -2.03. The van der Waals surface area contributed by atoms with Gasteiger partial charge in [0.15, 0.2) is 12.7 Å². The number of carbonyl (C=O) groups excluding carboxylic acids is 1. The first-order chi connectivity index (χ1) is 15.1. The van der Waals surface area contributed by atoms with Crippen molar-refractivity contribution in [2.45, 2.75) is 23.2 Å². The number of carbonyl (C=O) groups is 1. The van der Waals surface area contributed by atoms with Crippen molar-refractivity contribution in [3.8, 4) is 0 Å². The van der Waals surface area contributed by atoms with E-state index in [1.54, 1.807) is 17.8 Å². The Bertz CT molecular complexity index is 1070. The van der Waals surface area contributed by atoms with Crippen LogP contribution in [0.3, 0.4) is 0 Å². The molecule has 8 heteroatoms. The van der Waals surface area contributed by atoms with Crippen molar-refractivity contribution in [1.29, 1.82) is 0 Å². The normalized spacial score (nSPS) is 21.0. The lowest BCUT2D eigenvalue weighted by molar-refractivity contribution is -0.661. The van der Waals surface area contributed by atoms with E-state index in [1.165, 1.54) is 5.57 Å². The largest absolute Gasteiger partial charge is 0.366 e. The highest BCUT2D eigenvalue weighted by Gasteiger charge is 2.37. The summed E-state index contributed by atoms with van der Waals surface area (Å²) >= 11 is 3.54. The van der Waals surface area contributed by atoms with Crippen molar-refractivity contribution in [3.05, 3.63) is 54.6 Å². The second kappa shape index (κ2) is 8.84. The highest BCUT2D eigenvalue weighted by Crippen LogP contribution is 2.38. The maximum absolute atomic E-state index is 15.2. The predicted octanol–water partition coefficient (Wildman–Crippen LogP) is 3.14. The number of thioether (sulfide) groups is 2. The summed E-state index contributed by atoms with van der Waals surface area (Å²) < 4.78 is 17.3. The van der Waals surface area contributed by atoms with Gasteiger partial charge in [0.25, 0.3) is 0 Å². The number of nitrogens with zero attached hydrogens (tertiary/aromatic N) is 3. The third-order valence-electron chi connectivity index (χ3n) is 5.97. The Morgan fingerprint density at radius 3 is 2.97 bits per heavy atom. The number of hydrogen-bond donors (Lipinski definition) is 1. The summed E-state index contributed by atoms with van der Waals surface area (Å²) in [5, 5.41) is 4.58. The number of aromatic nitrogens is 1. The number of pyridine rings is 1. The van der Waals surface area contributed by atoms with E-state index >= 15 is 4.39 Å². The zero-order valence-corrected chi connectivity index (χ0v) is 19.0. The minimum absolute atomic E-state index is 0.172. The number of hydrogen-bond acceptors (Lipinski definition) is 5. The molecular weight excluding hydrogens is 431 g/mol. The molecule has 0 unspecified atom stereocenters. The van der Waals surface area contributed by atoms with Crippen molar-refractivity contribution in [1.82, 2.24) is 10.2 Å². The van der Waals surface area contributed by atoms with Gasteiger partial charge in [-0.25, -0.2) is 4.39 Å². The van der Waals surface area contributed by atoms with Gasteiger partial charge in [-0.2, -0.15) is 4.57 Å². The number of β-lactam (4-membered cyclic amide) rings is 1. The highest BCUT2D eigenvalue weighted by atomic mass is 32.2. The summed E-state index contributed by atoms with van der Waals surface area (Å²) in [4.78, 5) is 16.8. The van der Waals surface area contributed by atoms with Gasteiger partial charge in [-0.05, 0) is 17.7 Å². The van der Waals surface area contributed by atoms with Gasteiger partial charge >= 0.3 is 0 Å². The van der Waals surface area contributed by atoms with Crippen LogP contribution in [-0.2, 0) is 11.3 Å². The molecule has 2 aromatic rings. The van der Waals surface area contributed by atoms with Gasteiger partial charge in [-0.3, -0.25) is 4.79 Å². The fourth-order valence-electron chi connectivity index (χ4n) is 4.27. The molecule has 1 N–H and O–H groups in total. The van der Waals surface area contributed by atoms with Gasteiger partial charge in [0.05, 0.1) is 22.9 Å². The quantitative estimate of drug-likeness (QED) is 0.312. The van der Waals surface area contributed by atoms with E-state index in [2.05, 4.69) is 33.6 Å². The molecular formula is C23H26FN4OS2+. The van der Waals surface area contributed by atoms with Gasteiger partial charge < -0.3 is 15.1 Å². The molecule has 0 spiro atoms. The van der Waals surface area contributed by atoms with Crippen LogP contribution in [-0.4, -0.2) is 53.9 Å². The number of allylic oxidation sites excluding steroid dienone is 1. The number of piperazine rings is 1. The lowest BCUT2D eigenvalue weighted by atomic mass is 10.1. The number of amides is 1. The van der Waals surface area contributed by atoms with Crippen molar-refractivity contribution in [2.75, 3.05) is 42.6 Å². The SMILES string of the molecule is C=CC[n+]1ccc(SCC2=CN3C(=O)C[C@@H]3SC2)c2cc(F)c(N3CCNCC3)cc21. The maximum atomic E-state index is 15.2. The van der Waals surface area contributed by atoms with Crippen molar-refractivity contribution in [3.63, 3.8) is 0 Å². The van der Waals surface area contributed by atoms with Crippen LogP contribution in [0.5, 0.6) is 0 Å². The average Bonchev–Trinajstić information content (AvgIpc) is 2.79. The molecule has 1 amide bonds. The summed E-state index contributed by atoms with van der Waals surface area (Å²) in [6.45, 7) is 7.90. The van der Waals surface area contributed by atoms with E-state index in [1.807, 2.05) is 35.0 Å². The van der Waals surface area contributed by atoms with Crippen LogP contribution in [0.15, 0.2) is 53.7 Å². The summed E-state index contributed by atoms with van der Waals surface area (Å²) in [6, 6.07) is 5.74. The Labute approximate surface area is 190 Å². The van der Waals surface area contributed by atoms with E-state index in [-0.39, 0.29) is 11.7 Å². The van der Waals surface area contributed by atoms with Crippen LogP contribution in [0, 0.1) is 5.82 Å². The van der Waals surface area contributed by atoms with E-state index < -0.39 is 0 Å². The fraction of sp³-hybridized carbons (Fsp3) is 0.391. The monoisotopic (exact) mass is 457 g/mol. The first kappa shape index (κ1) is 20.8. The minimum atomic E-state index is -0.172. The molecule has 0 bridgehead atoms. The van der Waals surface area contributed by atoms with Crippen LogP contribution in [0.1, 0.15) is 6.42 Å². The lowest BCUT2D eigenvalue weighted by Gasteiger charge is -2.41. The minimum Gasteiger partial charge on any atom is -0.366 e. The first-order valence-electron chi connectivity index (χ1n) is 10.6. The molecule has 4 heterocycles. The zero-order valence-electron chi connectivity index (χ0n) is 17.3. The molecule has 2 saturated heterocycles. The van der Waals surface area contributed by atoms with E-state index in [9.17, 15) is 4.79 Å². The van der Waals surface area contributed by atoms with Crippen molar-refractivity contribution in [2.24, 2.45) is 0 Å². The van der Waals surface area contributed by atoms with Gasteiger partial charge in [0.2, 0.25) is 11.4 Å². The van der Waals surface area contributed by atoms with E-state index in [4.69, 9.17) is 0 Å². The van der Waals surface area contributed by atoms with Gasteiger partial charge in [-0.15, -0.1) is 23.5 Å². The Morgan fingerprint density at radius 2 is 2.19 bits per heavy atom. The van der Waals surface area contributed by atoms with Gasteiger partial charge in [-0.1, -0.05) is 6.58 Å². The zero-order chi connectivity index (χ0) is 21.4. The Morgan fingerprint density at radius 1 is 1.35 bits per heavy atom. The fourth-order valence-corrected chi connectivity index (χ4v) is 6.57. The molecule has 31 heavy (non-hydrogen) atoms. The Kier molecular flexibility index (Phi) is 5.95. The number of anilines is 1. The highest BCUT2D eigenvalue weighted by molar-refractivity contribution is 8.01. The standard InChI is InChI=1S/C23H26FN4OS2/c1-2-6-26-7-3-21(30-14-16-13-28-22(29)12-23(28)31-15-16)17-10-18(24)20(11-19(17)26)27-8-4-25-5-9-27/h2-3,7,10-11,13,23,25H,1,4-6,8-9,12,14-15H2/q+1/t23-/m0/s1. The van der Waals surface area contributed by atoms with Gasteiger partial charge in [0, 0.05) is 60.9 Å². The van der Waals surface area contributed by atoms with Crippen LogP contribution in [0.4, 0.5) is 10.1 Å². The molecule has 1 aromatic carbocycles. The number of benzene rings is 1. The summed E-state index contributed by atoms with van der Waals surface area (Å²) in [5.74, 6) is 1.78. The van der Waals surface area contributed by atoms with Crippen LogP contribution >= 0.6 is 23.5 Å². The average molecular weight is 458 g/mol. The summed E-state index contributed by atoms with van der Waals surface area (Å²) in [7, 11) is 0. The number of halogens is 1. The van der Waals surface area contributed by atoms with Crippen LogP contribution in [0.2, 0.25) is 0 Å². The maximum Gasteiger partial charge on any atom is 0.230 e. The summed E-state index contributed by atoms with van der Waals surface area (Å²) in [5.41, 5.74) is 2.93. The Balaban J connectivity index is 1.45. The molecule has 3 aliphatic heterocycles. The molecule has 162 valence electrons. The van der Waals surface area contributed by atoms with Crippen molar-refractivity contribution < 1.29 is 13.8 Å². The van der Waals surface area contributed by atoms with E-state index in [0.717, 1.165) is 53.5 Å². The molecule has 5 nitrogen and oxygen atoms in total. The molecule has 3 aliphatic rings. The van der Waals surface area contributed by atoms with Gasteiger partial charge in [0.1, 0.15) is 5.82 Å². The second-order valence-corrected chi connectivity index (χ2v) is 10.2. The predicted molar refractivity (Wildman–Crippen MR) is 126 cm³/mol. The third-order valence-corrected chi connectivity index (χ3v) is 8.47. The summed E-state index contributed by atoms with van der Waals surface area (Å²) in [6.07, 6.45) is 6.60. The molecule has 0 radical (unpaired) electrons. The number of nitrogens with one attached hydrogen (secondary N) is 1. The topological polar surface area (TPSA) is 39.5 Å². The molecule has 1 aromatic heterocycles. The third kappa shape index (κ3) is 4.08. The van der Waals surface area contributed by atoms with E-state index in [0.29, 0.717) is 24.0 Å². The van der Waals surface area contributed by atoms with Crippen molar-refractivity contribution >= 4 is 46.0 Å². The number of rotatable bonds is 6. The lowest BCUT2D eigenvalue weighted by Crippen LogP contribution is -2.49. The molecule has 2 fully saturated rings. The molecule has 0 aliphatic carbocycles. The smallest absolute Gasteiger partial charge is 0.230 e. The molecule has 1 atom stereocenters. The van der Waals surface area contributed by atoms with Crippen LogP contribution < -0.4 is 14.8 Å². The molecule has 0 saturated carbocycles. The van der Waals surface area contributed by atoms with Crippen LogP contribution in [0.25, 0.3) is 10.9 Å². The number of fused-ring (bicyclic) bond motifs is 2. The first-order valence-corrected chi connectivity index (χ1v) is 12.6. The molecule has 5 rings (SSSR count). The second-order valence-electron chi connectivity index (χ2n) is 8.03.